The fraction of sp³-hybridized carbons (Fsp3) is 0.733. The normalized spacial score (nSPS) is 20.3. The zero-order valence-corrected chi connectivity index (χ0v) is 10.6. The zero-order chi connectivity index (χ0) is 11.1. The van der Waals surface area contributed by atoms with E-state index in [-0.39, 0.29) is 0 Å². The third kappa shape index (κ3) is 3.52. The third-order valence-electron chi connectivity index (χ3n) is 3.23. The van der Waals surface area contributed by atoms with Gasteiger partial charge in [-0.2, -0.15) is 0 Å². The summed E-state index contributed by atoms with van der Waals surface area (Å²) in [5.41, 5.74) is 3.23. The predicted molar refractivity (Wildman–Crippen MR) is 67.7 cm³/mol. The molecule has 0 aromatic carbocycles. The van der Waals surface area contributed by atoms with E-state index in [1.165, 1.54) is 44.9 Å². The van der Waals surface area contributed by atoms with Crippen molar-refractivity contribution in [2.45, 2.75) is 65.7 Å². The molecule has 0 saturated carbocycles. The molecule has 0 nitrogen and oxygen atoms in total. The van der Waals surface area contributed by atoms with E-state index in [4.69, 9.17) is 0 Å². The van der Waals surface area contributed by atoms with Gasteiger partial charge in [0, 0.05) is 5.92 Å². The minimum atomic E-state index is 0.751. The Labute approximate surface area is 95.5 Å². The predicted octanol–water partition coefficient (Wildman–Crippen LogP) is 5.06. The highest BCUT2D eigenvalue weighted by Crippen LogP contribution is 2.35. The lowest BCUT2D eigenvalue weighted by Gasteiger charge is -2.18. The number of rotatable bonds is 7. The molecule has 1 unspecified atom stereocenters. The van der Waals surface area contributed by atoms with Gasteiger partial charge in [-0.3, -0.25) is 0 Å². The second-order valence-corrected chi connectivity index (χ2v) is 4.58. The smallest absolute Gasteiger partial charge is 0.00194 e. The molecule has 0 fully saturated rings. The van der Waals surface area contributed by atoms with E-state index < -0.39 is 0 Å². The third-order valence-corrected chi connectivity index (χ3v) is 3.23. The molecule has 0 heteroatoms. The van der Waals surface area contributed by atoms with Gasteiger partial charge in [0.15, 0.2) is 0 Å². The van der Waals surface area contributed by atoms with E-state index >= 15 is 0 Å². The summed E-state index contributed by atoms with van der Waals surface area (Å²) in [6.07, 6.45) is 14.9. The largest absolute Gasteiger partial charge is 0.0654 e. The van der Waals surface area contributed by atoms with Crippen LogP contribution in [-0.2, 0) is 0 Å². The first-order valence-corrected chi connectivity index (χ1v) is 6.64. The quantitative estimate of drug-likeness (QED) is 0.545. The van der Waals surface area contributed by atoms with Crippen LogP contribution in [-0.4, -0.2) is 0 Å². The Kier molecular flexibility index (Phi) is 5.75. The van der Waals surface area contributed by atoms with Crippen LogP contribution in [0.3, 0.4) is 0 Å². The maximum atomic E-state index is 3.52. The molecule has 0 amide bonds. The second kappa shape index (κ2) is 6.87. The van der Waals surface area contributed by atoms with E-state index in [0.717, 1.165) is 5.92 Å². The van der Waals surface area contributed by atoms with Gasteiger partial charge in [0.25, 0.3) is 0 Å². The van der Waals surface area contributed by atoms with Gasteiger partial charge < -0.3 is 0 Å². The van der Waals surface area contributed by atoms with E-state index in [9.17, 15) is 0 Å². The lowest BCUT2D eigenvalue weighted by Crippen LogP contribution is -2.04. The van der Waals surface area contributed by atoms with Crippen molar-refractivity contribution in [3.63, 3.8) is 0 Å². The molecule has 0 aromatic rings. The van der Waals surface area contributed by atoms with Crippen LogP contribution in [0.25, 0.3) is 0 Å². The van der Waals surface area contributed by atoms with Crippen molar-refractivity contribution in [1.82, 2.24) is 0 Å². The first kappa shape index (κ1) is 12.5. The molecule has 0 heterocycles. The van der Waals surface area contributed by atoms with Crippen molar-refractivity contribution in [3.05, 3.63) is 23.3 Å². The summed E-state index contributed by atoms with van der Waals surface area (Å²) >= 11 is 0. The Bertz CT molecular complexity index is 232. The molecule has 85 valence electrons. The van der Waals surface area contributed by atoms with Gasteiger partial charge in [-0.15, -0.1) is 0 Å². The topological polar surface area (TPSA) is 0 Å². The average Bonchev–Trinajstić information content (AvgIpc) is 2.60. The van der Waals surface area contributed by atoms with E-state index in [0.29, 0.717) is 0 Å². The molecular weight excluding hydrogens is 180 g/mol. The summed E-state index contributed by atoms with van der Waals surface area (Å²) < 4.78 is 0. The minimum absolute atomic E-state index is 0.751. The van der Waals surface area contributed by atoms with Crippen molar-refractivity contribution in [1.29, 1.82) is 0 Å². The summed E-state index contributed by atoms with van der Waals surface area (Å²) in [5.74, 6) is 0.751. The Balaban J connectivity index is 2.52. The standard InChI is InChI=1S/C15H25/c1-4-7-10-14-12-11-13(8-5-2)15(14)9-6-3/h11,15H,4-10H2,1-3H3. The van der Waals surface area contributed by atoms with Gasteiger partial charge in [-0.25, -0.2) is 0 Å². The van der Waals surface area contributed by atoms with Crippen LogP contribution < -0.4 is 0 Å². The monoisotopic (exact) mass is 205 g/mol. The van der Waals surface area contributed by atoms with Gasteiger partial charge in [0.05, 0.1) is 0 Å². The first-order valence-electron chi connectivity index (χ1n) is 6.64. The van der Waals surface area contributed by atoms with Gasteiger partial charge in [0.1, 0.15) is 0 Å². The highest BCUT2D eigenvalue weighted by molar-refractivity contribution is 5.30. The van der Waals surface area contributed by atoms with E-state index in [1.807, 2.05) is 0 Å². The molecule has 0 aliphatic heterocycles. The Morgan fingerprint density at radius 2 is 1.87 bits per heavy atom. The number of hydrogen-bond acceptors (Lipinski definition) is 0. The Morgan fingerprint density at radius 1 is 1.07 bits per heavy atom. The lowest BCUT2D eigenvalue weighted by molar-refractivity contribution is 0.578. The summed E-state index contributed by atoms with van der Waals surface area (Å²) in [4.78, 5) is 0. The SMILES string of the molecule is CCCCC1=[C]C=C(CCC)C1CCC. The summed E-state index contributed by atoms with van der Waals surface area (Å²) in [6.45, 7) is 6.83. The second-order valence-electron chi connectivity index (χ2n) is 4.58. The Hall–Kier alpha value is -0.520. The van der Waals surface area contributed by atoms with Gasteiger partial charge in [0.2, 0.25) is 0 Å². The molecule has 0 aromatic heterocycles. The van der Waals surface area contributed by atoms with Gasteiger partial charge in [-0.1, -0.05) is 57.3 Å². The van der Waals surface area contributed by atoms with Crippen molar-refractivity contribution in [2.75, 3.05) is 0 Å². The maximum Gasteiger partial charge on any atom is 0.00194 e. The lowest BCUT2D eigenvalue weighted by atomic mass is 9.87. The molecule has 0 bridgehead atoms. The van der Waals surface area contributed by atoms with E-state index in [1.54, 1.807) is 11.1 Å². The van der Waals surface area contributed by atoms with Crippen molar-refractivity contribution in [3.8, 4) is 0 Å². The Morgan fingerprint density at radius 3 is 2.47 bits per heavy atom. The molecule has 15 heavy (non-hydrogen) atoms. The molecule has 1 rings (SSSR count). The van der Waals surface area contributed by atoms with Crippen molar-refractivity contribution in [2.24, 2.45) is 5.92 Å². The summed E-state index contributed by atoms with van der Waals surface area (Å²) in [7, 11) is 0. The van der Waals surface area contributed by atoms with Crippen LogP contribution in [0.5, 0.6) is 0 Å². The summed E-state index contributed by atoms with van der Waals surface area (Å²) in [6, 6.07) is 0. The fourth-order valence-electron chi connectivity index (χ4n) is 2.41. The molecule has 0 saturated heterocycles. The number of unbranched alkanes of at least 4 members (excludes halogenated alkanes) is 1. The number of allylic oxidation sites excluding steroid dienone is 4. The van der Waals surface area contributed by atoms with Crippen LogP contribution >= 0.6 is 0 Å². The van der Waals surface area contributed by atoms with Crippen LogP contribution in [0.2, 0.25) is 0 Å². The van der Waals surface area contributed by atoms with Gasteiger partial charge in [-0.05, 0) is 31.8 Å². The zero-order valence-electron chi connectivity index (χ0n) is 10.6. The summed E-state index contributed by atoms with van der Waals surface area (Å²) in [5, 5.41) is 0. The average molecular weight is 205 g/mol. The molecule has 1 radical (unpaired) electrons. The fourth-order valence-corrected chi connectivity index (χ4v) is 2.41. The minimum Gasteiger partial charge on any atom is -0.0654 e. The molecule has 1 aliphatic carbocycles. The van der Waals surface area contributed by atoms with Crippen LogP contribution in [0, 0.1) is 12.0 Å². The van der Waals surface area contributed by atoms with Gasteiger partial charge >= 0.3 is 0 Å². The van der Waals surface area contributed by atoms with Crippen LogP contribution in [0.15, 0.2) is 17.2 Å². The van der Waals surface area contributed by atoms with E-state index in [2.05, 4.69) is 32.9 Å². The molecular formula is C15H25. The molecule has 1 aliphatic rings. The molecule has 1 atom stereocenters. The highest BCUT2D eigenvalue weighted by Gasteiger charge is 2.21. The molecule has 0 N–H and O–H groups in total. The number of hydrogen-bond donors (Lipinski definition) is 0. The maximum absolute atomic E-state index is 3.52. The van der Waals surface area contributed by atoms with Crippen molar-refractivity contribution >= 4 is 0 Å². The van der Waals surface area contributed by atoms with Crippen molar-refractivity contribution < 1.29 is 0 Å². The van der Waals surface area contributed by atoms with Crippen LogP contribution in [0.4, 0.5) is 0 Å². The van der Waals surface area contributed by atoms with Crippen LogP contribution in [0.1, 0.15) is 65.7 Å². The molecule has 0 spiro atoms. The highest BCUT2D eigenvalue weighted by atomic mass is 14.3. The first-order chi connectivity index (χ1) is 7.33.